The minimum Gasteiger partial charge on any atom is -0.459 e. The maximum Gasteiger partial charge on any atom is 0.338 e. The summed E-state index contributed by atoms with van der Waals surface area (Å²) in [5.41, 5.74) is 2.41. The van der Waals surface area contributed by atoms with Crippen molar-refractivity contribution in [3.8, 4) is 0 Å². The molecule has 2 atom stereocenters. The van der Waals surface area contributed by atoms with Crippen LogP contribution < -0.4 is 5.32 Å². The Balaban J connectivity index is 1.74. The van der Waals surface area contributed by atoms with E-state index in [1.54, 1.807) is 24.3 Å². The van der Waals surface area contributed by atoms with Crippen LogP contribution in [0.1, 0.15) is 107 Å². The lowest BCUT2D eigenvalue weighted by molar-refractivity contribution is -0.137. The zero-order chi connectivity index (χ0) is 28.4. The van der Waals surface area contributed by atoms with Gasteiger partial charge in [0.15, 0.2) is 0 Å². The Labute approximate surface area is 234 Å². The fraction of sp³-hybridized carbons (Fsp3) is 0.531. The molecule has 0 bridgehead atoms. The number of rotatable bonds is 8. The van der Waals surface area contributed by atoms with E-state index < -0.39 is 11.7 Å². The summed E-state index contributed by atoms with van der Waals surface area (Å²) < 4.78 is 19.1. The normalized spacial score (nSPS) is 24.5. The Hall–Kier alpha value is -2.56. The predicted octanol–water partition coefficient (Wildman–Crippen LogP) is 7.45. The molecule has 1 N–H and O–H groups in total. The fourth-order valence-electron chi connectivity index (χ4n) is 5.87. The first-order valence-corrected chi connectivity index (χ1v) is 15.2. The molecule has 1 heterocycles. The maximum absolute atomic E-state index is 14.3. The quantitative estimate of drug-likeness (QED) is 0.273. The Bertz CT molecular complexity index is 1170. The molecule has 1 saturated carbocycles. The number of hydrogen-bond donors (Lipinski definition) is 1. The highest BCUT2D eigenvalue weighted by Gasteiger charge is 2.54. The van der Waals surface area contributed by atoms with Gasteiger partial charge in [0.1, 0.15) is 11.9 Å². The van der Waals surface area contributed by atoms with Crippen LogP contribution in [0.15, 0.2) is 48.5 Å². The molecule has 2 aliphatic rings. The van der Waals surface area contributed by atoms with Crippen LogP contribution >= 0.6 is 8.20 Å². The van der Waals surface area contributed by atoms with E-state index in [4.69, 9.17) is 4.74 Å². The van der Waals surface area contributed by atoms with Crippen molar-refractivity contribution in [1.29, 1.82) is 0 Å². The average Bonchev–Trinajstić information content (AvgIpc) is 3.16. The third-order valence-electron chi connectivity index (χ3n) is 7.96. The van der Waals surface area contributed by atoms with Crippen LogP contribution in [0.2, 0.25) is 0 Å². The number of carbonyl (C=O) groups is 2. The Morgan fingerprint density at radius 3 is 2.28 bits per heavy atom. The topological polar surface area (TPSA) is 58.6 Å². The summed E-state index contributed by atoms with van der Waals surface area (Å²) in [6.07, 6.45) is 9.30. The summed E-state index contributed by atoms with van der Waals surface area (Å²) in [7, 11) is 1.15. The first-order chi connectivity index (χ1) is 18.4. The fourth-order valence-corrected chi connectivity index (χ4v) is 6.49. The van der Waals surface area contributed by atoms with E-state index >= 15 is 0 Å². The average molecular weight is 553 g/mol. The Morgan fingerprint density at radius 1 is 1.13 bits per heavy atom. The van der Waals surface area contributed by atoms with Gasteiger partial charge in [-0.25, -0.2) is 9.18 Å². The largest absolute Gasteiger partial charge is 0.459 e. The monoisotopic (exact) mass is 552 g/mol. The number of halogens is 1. The number of ether oxygens (including phenoxy) is 1. The molecule has 210 valence electrons. The molecule has 4 rings (SSSR count). The van der Waals surface area contributed by atoms with Gasteiger partial charge in [0.25, 0.3) is 0 Å². The van der Waals surface area contributed by atoms with Gasteiger partial charge >= 0.3 is 5.97 Å². The molecular formula is C32H42FN2O3P. The highest BCUT2D eigenvalue weighted by molar-refractivity contribution is 7.37. The number of esters is 1. The van der Waals surface area contributed by atoms with E-state index in [9.17, 15) is 14.0 Å². The van der Waals surface area contributed by atoms with Gasteiger partial charge in [0, 0.05) is 5.66 Å². The van der Waals surface area contributed by atoms with Crippen LogP contribution in [0.4, 0.5) is 4.39 Å². The molecular weight excluding hydrogens is 510 g/mol. The van der Waals surface area contributed by atoms with Gasteiger partial charge in [0.05, 0.1) is 23.4 Å². The summed E-state index contributed by atoms with van der Waals surface area (Å²) in [6, 6.07) is 13.1. The van der Waals surface area contributed by atoms with Crippen LogP contribution in [0.25, 0.3) is 0 Å². The van der Waals surface area contributed by atoms with Crippen LogP contribution in [-0.4, -0.2) is 40.5 Å². The smallest absolute Gasteiger partial charge is 0.338 e. The number of nitrogens with one attached hydrogen (secondary N) is 1. The zero-order valence-corrected chi connectivity index (χ0v) is 24.8. The lowest BCUT2D eigenvalue weighted by Crippen LogP contribution is -2.55. The lowest BCUT2D eigenvalue weighted by atomic mass is 9.83. The molecule has 1 aliphatic heterocycles. The van der Waals surface area contributed by atoms with Crippen molar-refractivity contribution in [3.63, 3.8) is 0 Å². The summed E-state index contributed by atoms with van der Waals surface area (Å²) in [5, 5.41) is 3.74. The molecule has 2 unspecified atom stereocenters. The van der Waals surface area contributed by atoms with E-state index in [0.717, 1.165) is 57.9 Å². The Morgan fingerprint density at radius 2 is 1.74 bits per heavy atom. The maximum atomic E-state index is 14.3. The van der Waals surface area contributed by atoms with Gasteiger partial charge in [-0.2, -0.15) is 0 Å². The second-order valence-electron chi connectivity index (χ2n) is 12.5. The van der Waals surface area contributed by atoms with Gasteiger partial charge < -0.3 is 9.64 Å². The molecule has 1 spiro atoms. The van der Waals surface area contributed by atoms with E-state index in [0.29, 0.717) is 11.2 Å². The Kier molecular flexibility index (Phi) is 8.98. The zero-order valence-electron chi connectivity index (χ0n) is 23.9. The second-order valence-corrected chi connectivity index (χ2v) is 13.6. The van der Waals surface area contributed by atoms with Crippen molar-refractivity contribution in [2.75, 3.05) is 0 Å². The highest BCUT2D eigenvalue weighted by atomic mass is 31.1. The van der Waals surface area contributed by atoms with Gasteiger partial charge in [0.2, 0.25) is 5.91 Å². The van der Waals surface area contributed by atoms with Gasteiger partial charge in [-0.3, -0.25) is 10.1 Å². The minimum absolute atomic E-state index is 0.0226. The molecule has 0 radical (unpaired) electrons. The third kappa shape index (κ3) is 6.78. The van der Waals surface area contributed by atoms with Crippen molar-refractivity contribution in [3.05, 3.63) is 71.0 Å². The summed E-state index contributed by atoms with van der Waals surface area (Å²) >= 11 is 0. The number of benzene rings is 2. The number of nitrogens with zero attached hydrogens (tertiary/aromatic N) is 1. The SMILES string of the molecule is C=PC1CCC2(CC1)NC(c1ccc(F)cc1)C(=O)N2C(CCC(C)(C)C)c1ccc(C(=O)OC(C)C)cc1. The molecule has 1 amide bonds. The molecule has 2 aromatic rings. The first kappa shape index (κ1) is 29.4. The van der Waals surface area contributed by atoms with E-state index in [-0.39, 0.29) is 35.3 Å². The molecule has 2 fully saturated rings. The molecule has 2 aromatic carbocycles. The first-order valence-electron chi connectivity index (χ1n) is 14.1. The van der Waals surface area contributed by atoms with E-state index in [1.807, 2.05) is 26.0 Å². The summed E-state index contributed by atoms with van der Waals surface area (Å²) in [4.78, 5) is 28.9. The molecule has 5 nitrogen and oxygen atoms in total. The number of carbonyl (C=O) groups excluding carboxylic acids is 2. The van der Waals surface area contributed by atoms with Crippen LogP contribution in [0, 0.1) is 11.2 Å². The molecule has 0 aromatic heterocycles. The molecule has 1 aliphatic carbocycles. The van der Waals surface area contributed by atoms with Gasteiger partial charge in [-0.1, -0.05) is 51.3 Å². The van der Waals surface area contributed by atoms with Gasteiger partial charge in [-0.05, 0) is 93.2 Å². The third-order valence-corrected chi connectivity index (χ3v) is 8.99. The minimum atomic E-state index is -0.531. The van der Waals surface area contributed by atoms with Crippen molar-refractivity contribution in [2.45, 2.75) is 103 Å². The predicted molar refractivity (Wildman–Crippen MR) is 157 cm³/mol. The standard InChI is InChI=1S/C32H42FN2O3P/c1-21(2)38-30(37)24-9-7-22(8-10-24)27(17-18-31(3,4)5)35-29(36)28(23-11-13-25(33)14-12-23)34-32(35)19-15-26(39-6)16-20-32/h7-14,21,26-28,34H,6,15-20H2,1-5H3. The van der Waals surface area contributed by atoms with Crippen molar-refractivity contribution in [1.82, 2.24) is 10.2 Å². The van der Waals surface area contributed by atoms with E-state index in [1.165, 1.54) is 12.1 Å². The molecule has 39 heavy (non-hydrogen) atoms. The van der Waals surface area contributed by atoms with Gasteiger partial charge in [-0.15, -0.1) is 8.20 Å². The number of amides is 1. The van der Waals surface area contributed by atoms with Crippen molar-refractivity contribution >= 4 is 26.4 Å². The lowest BCUT2D eigenvalue weighted by Gasteiger charge is -2.47. The van der Waals surface area contributed by atoms with E-state index in [2.05, 4.69) is 37.3 Å². The molecule has 1 saturated heterocycles. The van der Waals surface area contributed by atoms with Crippen LogP contribution in [0.5, 0.6) is 0 Å². The molecule has 7 heteroatoms. The van der Waals surface area contributed by atoms with Crippen molar-refractivity contribution in [2.24, 2.45) is 5.41 Å². The second kappa shape index (κ2) is 11.9. The summed E-state index contributed by atoms with van der Waals surface area (Å²) in [5.74, 6) is -0.639. The van der Waals surface area contributed by atoms with Crippen molar-refractivity contribution < 1.29 is 18.7 Å². The number of hydrogen-bond acceptors (Lipinski definition) is 4. The van der Waals surface area contributed by atoms with Crippen LogP contribution in [-0.2, 0) is 9.53 Å². The highest BCUT2D eigenvalue weighted by Crippen LogP contribution is 2.48. The summed E-state index contributed by atoms with van der Waals surface area (Å²) in [6.45, 7) is 10.3. The van der Waals surface area contributed by atoms with Crippen LogP contribution in [0.3, 0.4) is 0 Å².